The van der Waals surface area contributed by atoms with Gasteiger partial charge in [0.15, 0.2) is 11.4 Å². The van der Waals surface area contributed by atoms with Crippen LogP contribution in [0.1, 0.15) is 29.7 Å². The Hall–Kier alpha value is -3.69. The van der Waals surface area contributed by atoms with Crippen LogP contribution in [0, 0.1) is 11.3 Å². The minimum Gasteiger partial charge on any atom is -0.490 e. The van der Waals surface area contributed by atoms with Crippen molar-refractivity contribution in [3.63, 3.8) is 0 Å². The van der Waals surface area contributed by atoms with Crippen LogP contribution < -0.4 is 14.4 Å². The van der Waals surface area contributed by atoms with Gasteiger partial charge in [-0.3, -0.25) is 9.78 Å². The lowest BCUT2D eigenvalue weighted by atomic mass is 9.91. The fourth-order valence-electron chi connectivity index (χ4n) is 3.93. The summed E-state index contributed by atoms with van der Waals surface area (Å²) in [7, 11) is 1.19. The Labute approximate surface area is 191 Å². The van der Waals surface area contributed by atoms with Crippen LogP contribution in [0.5, 0.6) is 11.6 Å². The number of nitriles is 1. The summed E-state index contributed by atoms with van der Waals surface area (Å²) >= 11 is 0. The molecule has 0 aliphatic carbocycles. The maximum absolute atomic E-state index is 15.7. The molecule has 0 atom stereocenters. The van der Waals surface area contributed by atoms with Crippen molar-refractivity contribution in [3.8, 4) is 17.7 Å². The summed E-state index contributed by atoms with van der Waals surface area (Å²) in [5, 5.41) is 9.22. The topological polar surface area (TPSA) is 104 Å². The molecule has 0 aromatic carbocycles. The molecule has 2 aromatic heterocycles. The zero-order valence-electron chi connectivity index (χ0n) is 18.1. The van der Waals surface area contributed by atoms with Crippen molar-refractivity contribution in [2.75, 3.05) is 38.3 Å². The van der Waals surface area contributed by atoms with Crippen LogP contribution in [0.15, 0.2) is 18.5 Å². The van der Waals surface area contributed by atoms with Crippen LogP contribution in [0.25, 0.3) is 0 Å². The van der Waals surface area contributed by atoms with Crippen LogP contribution >= 0.6 is 0 Å². The van der Waals surface area contributed by atoms with Crippen LogP contribution in [-0.4, -0.2) is 64.8 Å². The number of methoxy groups -OCH3 is 1. The molecule has 34 heavy (non-hydrogen) atoms. The fraction of sp³-hybridized carbons (Fsp3) is 0.476. The molecule has 4 rings (SSSR count). The highest BCUT2D eigenvalue weighted by Crippen LogP contribution is 2.35. The molecule has 0 saturated carbocycles. The van der Waals surface area contributed by atoms with Gasteiger partial charge in [-0.15, -0.1) is 0 Å². The number of ether oxygens (including phenoxy) is 2. The van der Waals surface area contributed by atoms with Crippen molar-refractivity contribution in [2.45, 2.75) is 31.2 Å². The second kappa shape index (κ2) is 8.92. The second-order valence-corrected chi connectivity index (χ2v) is 7.91. The average Bonchev–Trinajstić information content (AvgIpc) is 3.05. The van der Waals surface area contributed by atoms with Gasteiger partial charge in [0.05, 0.1) is 20.2 Å². The lowest BCUT2D eigenvalue weighted by Gasteiger charge is -2.38. The Morgan fingerprint density at radius 3 is 2.62 bits per heavy atom. The predicted molar refractivity (Wildman–Crippen MR) is 109 cm³/mol. The number of anilines is 1. The summed E-state index contributed by atoms with van der Waals surface area (Å²) in [6, 6.07) is 2.66. The van der Waals surface area contributed by atoms with Gasteiger partial charge in [-0.25, -0.2) is 9.37 Å². The summed E-state index contributed by atoms with van der Waals surface area (Å²) in [5.74, 6) is -0.924. The van der Waals surface area contributed by atoms with Crippen LogP contribution in [0.4, 0.5) is 23.5 Å². The van der Waals surface area contributed by atoms with E-state index < -0.39 is 23.4 Å². The molecule has 4 heterocycles. The number of nitrogens with zero attached hydrogens (tertiary/aromatic N) is 6. The number of carbonyl (C=O) groups is 1. The first-order valence-corrected chi connectivity index (χ1v) is 10.4. The zero-order chi connectivity index (χ0) is 24.5. The van der Waals surface area contributed by atoms with Gasteiger partial charge >= 0.3 is 6.18 Å². The summed E-state index contributed by atoms with van der Waals surface area (Å²) in [4.78, 5) is 27.3. The van der Waals surface area contributed by atoms with Crippen molar-refractivity contribution >= 4 is 11.9 Å². The Balaban J connectivity index is 1.49. The molecular formula is C21H20F4N6O3. The third kappa shape index (κ3) is 4.52. The molecule has 2 aliphatic rings. The highest BCUT2D eigenvalue weighted by atomic mass is 19.4. The number of amides is 1. The lowest BCUT2D eigenvalue weighted by molar-refractivity contribution is -0.146. The smallest absolute Gasteiger partial charge is 0.433 e. The standard InChI is InChI=1S/C21H20F4N6O3/c1-33-16-8-15(21(23,24)25)28-19(29-16)30-4-2-20(22,3-5-30)18(32)31-6-7-34-17-13(9-26)10-27-11-14(17)12-31/h8,10-11H,2-7,12H2,1H3. The van der Waals surface area contributed by atoms with Crippen molar-refractivity contribution < 1.29 is 31.8 Å². The van der Waals surface area contributed by atoms with Crippen molar-refractivity contribution in [3.05, 3.63) is 35.3 Å². The Morgan fingerprint density at radius 1 is 1.24 bits per heavy atom. The number of fused-ring (bicyclic) bond motifs is 1. The molecule has 0 radical (unpaired) electrons. The second-order valence-electron chi connectivity index (χ2n) is 7.91. The van der Waals surface area contributed by atoms with Gasteiger partial charge in [-0.1, -0.05) is 0 Å². The zero-order valence-corrected chi connectivity index (χ0v) is 18.1. The minimum absolute atomic E-state index is 0.0278. The first-order valence-electron chi connectivity index (χ1n) is 10.4. The molecule has 2 aromatic rings. The van der Waals surface area contributed by atoms with Crippen LogP contribution in [0.3, 0.4) is 0 Å². The van der Waals surface area contributed by atoms with E-state index in [1.54, 1.807) is 0 Å². The van der Waals surface area contributed by atoms with Gasteiger partial charge in [0, 0.05) is 50.0 Å². The number of aromatic nitrogens is 3. The van der Waals surface area contributed by atoms with E-state index in [2.05, 4.69) is 15.0 Å². The molecule has 0 spiro atoms. The fourth-order valence-corrected chi connectivity index (χ4v) is 3.93. The number of alkyl halides is 4. The Morgan fingerprint density at radius 2 is 1.97 bits per heavy atom. The van der Waals surface area contributed by atoms with Crippen molar-refractivity contribution in [1.29, 1.82) is 5.26 Å². The minimum atomic E-state index is -4.70. The number of piperidine rings is 1. The SMILES string of the molecule is COc1cc(C(F)(F)F)nc(N2CCC(F)(C(=O)N3CCOc4c(C#N)cncc4C3)CC2)n1. The van der Waals surface area contributed by atoms with Crippen molar-refractivity contribution in [2.24, 2.45) is 0 Å². The van der Waals surface area contributed by atoms with E-state index in [9.17, 15) is 23.2 Å². The highest BCUT2D eigenvalue weighted by molar-refractivity contribution is 5.85. The third-order valence-electron chi connectivity index (χ3n) is 5.76. The van der Waals surface area contributed by atoms with Gasteiger partial charge in [0.2, 0.25) is 11.8 Å². The molecule has 0 unspecified atom stereocenters. The lowest BCUT2D eigenvalue weighted by Crippen LogP contribution is -2.53. The number of hydrogen-bond donors (Lipinski definition) is 0. The summed E-state index contributed by atoms with van der Waals surface area (Å²) < 4.78 is 65.7. The van der Waals surface area contributed by atoms with E-state index in [1.807, 2.05) is 6.07 Å². The number of halogens is 4. The van der Waals surface area contributed by atoms with Crippen molar-refractivity contribution in [1.82, 2.24) is 19.9 Å². The third-order valence-corrected chi connectivity index (χ3v) is 5.76. The van der Waals surface area contributed by atoms with Gasteiger partial charge in [-0.2, -0.15) is 23.4 Å². The summed E-state index contributed by atoms with van der Waals surface area (Å²) in [5.41, 5.74) is -2.66. The first kappa shape index (κ1) is 23.5. The molecule has 1 amide bonds. The number of carbonyl (C=O) groups excluding carboxylic acids is 1. The largest absolute Gasteiger partial charge is 0.490 e. The normalized spacial score (nSPS) is 17.8. The van der Waals surface area contributed by atoms with E-state index in [1.165, 1.54) is 29.3 Å². The van der Waals surface area contributed by atoms with Crippen LogP contribution in [0.2, 0.25) is 0 Å². The quantitative estimate of drug-likeness (QED) is 0.618. The molecule has 0 bridgehead atoms. The number of hydrogen-bond acceptors (Lipinski definition) is 8. The molecule has 2 aliphatic heterocycles. The van der Waals surface area contributed by atoms with E-state index in [0.29, 0.717) is 17.4 Å². The predicted octanol–water partition coefficient (Wildman–Crippen LogP) is 2.50. The van der Waals surface area contributed by atoms with Crippen LogP contribution in [-0.2, 0) is 17.5 Å². The molecular weight excluding hydrogens is 460 g/mol. The maximum atomic E-state index is 15.7. The van der Waals surface area contributed by atoms with Gasteiger partial charge < -0.3 is 19.3 Å². The molecule has 180 valence electrons. The molecule has 1 fully saturated rings. The molecule has 1 saturated heterocycles. The van der Waals surface area contributed by atoms with E-state index in [4.69, 9.17) is 9.47 Å². The summed E-state index contributed by atoms with van der Waals surface area (Å²) in [6.07, 6.45) is -2.39. The molecule has 13 heteroatoms. The van der Waals surface area contributed by atoms with Gasteiger partial charge in [0.25, 0.3) is 5.91 Å². The average molecular weight is 480 g/mol. The Kier molecular flexibility index (Phi) is 6.16. The Bertz CT molecular complexity index is 1130. The van der Waals surface area contributed by atoms with Gasteiger partial charge in [-0.05, 0) is 0 Å². The maximum Gasteiger partial charge on any atom is 0.433 e. The summed E-state index contributed by atoms with van der Waals surface area (Å²) in [6.45, 7) is 0.0980. The molecule has 9 nitrogen and oxygen atoms in total. The number of pyridine rings is 1. The first-order chi connectivity index (χ1) is 16.1. The monoisotopic (exact) mass is 480 g/mol. The van der Waals surface area contributed by atoms with Gasteiger partial charge in [0.1, 0.15) is 24.0 Å². The highest BCUT2D eigenvalue weighted by Gasteiger charge is 2.45. The molecule has 0 N–H and O–H groups in total. The van der Waals surface area contributed by atoms with E-state index in [0.717, 1.165) is 0 Å². The van der Waals surface area contributed by atoms with E-state index in [-0.39, 0.29) is 63.0 Å². The van der Waals surface area contributed by atoms with E-state index >= 15 is 4.39 Å². The number of rotatable bonds is 3.